The zero-order chi connectivity index (χ0) is 9.84. The Morgan fingerprint density at radius 2 is 1.77 bits per heavy atom. The fourth-order valence-electron chi connectivity index (χ4n) is 1.17. The Bertz CT molecular complexity index is 298. The first kappa shape index (κ1) is 9.78. The number of hydrogen-bond acceptors (Lipinski definition) is 2. The fraction of sp³-hybridized carbons (Fsp3) is 0.364. The summed E-state index contributed by atoms with van der Waals surface area (Å²) in [4.78, 5) is 0. The molecule has 0 aliphatic carbocycles. The maximum Gasteiger partial charge on any atom is 0.0836 e. The SMILES string of the molecule is C/C(=N/O)c1ccc(C(C)C)cc1. The maximum atomic E-state index is 8.55. The van der Waals surface area contributed by atoms with Crippen molar-refractivity contribution in [3.05, 3.63) is 35.4 Å². The monoisotopic (exact) mass is 177 g/mol. The van der Waals surface area contributed by atoms with Crippen LogP contribution in [-0.4, -0.2) is 10.9 Å². The standard InChI is InChI=1S/C11H15NO/c1-8(2)10-4-6-11(7-5-10)9(3)12-13/h4-8,13H,1-3H3/b12-9-. The number of nitrogens with zero attached hydrogens (tertiary/aromatic N) is 1. The summed E-state index contributed by atoms with van der Waals surface area (Å²) in [5, 5.41) is 11.7. The van der Waals surface area contributed by atoms with Crippen molar-refractivity contribution in [1.29, 1.82) is 0 Å². The lowest BCUT2D eigenvalue weighted by atomic mass is 10.0. The summed E-state index contributed by atoms with van der Waals surface area (Å²) in [7, 11) is 0. The molecule has 1 aromatic rings. The molecule has 1 aromatic carbocycles. The summed E-state index contributed by atoms with van der Waals surface area (Å²) >= 11 is 0. The van der Waals surface area contributed by atoms with Crippen molar-refractivity contribution in [2.24, 2.45) is 5.16 Å². The van der Waals surface area contributed by atoms with Crippen molar-refractivity contribution in [3.63, 3.8) is 0 Å². The molecule has 0 radical (unpaired) electrons. The van der Waals surface area contributed by atoms with E-state index in [0.29, 0.717) is 11.6 Å². The molecule has 0 saturated carbocycles. The minimum Gasteiger partial charge on any atom is -0.411 e. The lowest BCUT2D eigenvalue weighted by molar-refractivity contribution is 0.319. The highest BCUT2D eigenvalue weighted by atomic mass is 16.4. The molecule has 0 aliphatic heterocycles. The summed E-state index contributed by atoms with van der Waals surface area (Å²) in [5.74, 6) is 0.542. The van der Waals surface area contributed by atoms with Crippen LogP contribution >= 0.6 is 0 Å². The van der Waals surface area contributed by atoms with E-state index in [1.54, 1.807) is 6.92 Å². The molecule has 0 spiro atoms. The molecule has 0 bridgehead atoms. The third-order valence-corrected chi connectivity index (χ3v) is 2.15. The fourth-order valence-corrected chi connectivity index (χ4v) is 1.17. The van der Waals surface area contributed by atoms with Gasteiger partial charge in [-0.25, -0.2) is 0 Å². The first-order valence-electron chi connectivity index (χ1n) is 4.44. The Kier molecular flexibility index (Phi) is 3.07. The van der Waals surface area contributed by atoms with Crippen molar-refractivity contribution in [2.75, 3.05) is 0 Å². The van der Waals surface area contributed by atoms with Gasteiger partial charge in [-0.1, -0.05) is 43.3 Å². The van der Waals surface area contributed by atoms with Crippen LogP contribution in [-0.2, 0) is 0 Å². The van der Waals surface area contributed by atoms with E-state index in [1.165, 1.54) is 5.56 Å². The van der Waals surface area contributed by atoms with E-state index in [0.717, 1.165) is 5.56 Å². The smallest absolute Gasteiger partial charge is 0.0836 e. The zero-order valence-corrected chi connectivity index (χ0v) is 8.28. The number of rotatable bonds is 2. The van der Waals surface area contributed by atoms with E-state index < -0.39 is 0 Å². The summed E-state index contributed by atoms with van der Waals surface area (Å²) < 4.78 is 0. The summed E-state index contributed by atoms with van der Waals surface area (Å²) in [6.45, 7) is 6.09. The largest absolute Gasteiger partial charge is 0.411 e. The average molecular weight is 177 g/mol. The van der Waals surface area contributed by atoms with Crippen molar-refractivity contribution < 1.29 is 5.21 Å². The molecule has 0 aromatic heterocycles. The van der Waals surface area contributed by atoms with Crippen LogP contribution in [0, 0.1) is 0 Å². The first-order valence-corrected chi connectivity index (χ1v) is 4.44. The molecule has 13 heavy (non-hydrogen) atoms. The molecule has 0 fully saturated rings. The molecule has 1 N–H and O–H groups in total. The highest BCUT2D eigenvalue weighted by Gasteiger charge is 2.00. The lowest BCUT2D eigenvalue weighted by Gasteiger charge is -2.05. The van der Waals surface area contributed by atoms with E-state index in [9.17, 15) is 0 Å². The number of oxime groups is 1. The van der Waals surface area contributed by atoms with E-state index in [2.05, 4.69) is 31.1 Å². The van der Waals surface area contributed by atoms with Crippen LogP contribution in [0.5, 0.6) is 0 Å². The van der Waals surface area contributed by atoms with Crippen LogP contribution in [0.1, 0.15) is 37.8 Å². The third-order valence-electron chi connectivity index (χ3n) is 2.15. The normalized spacial score (nSPS) is 12.2. The van der Waals surface area contributed by atoms with Gasteiger partial charge in [0, 0.05) is 0 Å². The minimum absolute atomic E-state index is 0.542. The van der Waals surface area contributed by atoms with Crippen LogP contribution in [0.3, 0.4) is 0 Å². The Hall–Kier alpha value is -1.31. The van der Waals surface area contributed by atoms with Gasteiger partial charge in [0.1, 0.15) is 0 Å². The van der Waals surface area contributed by atoms with Crippen LogP contribution in [0.2, 0.25) is 0 Å². The zero-order valence-electron chi connectivity index (χ0n) is 8.28. The van der Waals surface area contributed by atoms with Gasteiger partial charge in [0.15, 0.2) is 0 Å². The molecular weight excluding hydrogens is 162 g/mol. The van der Waals surface area contributed by atoms with Gasteiger partial charge >= 0.3 is 0 Å². The summed E-state index contributed by atoms with van der Waals surface area (Å²) in [5.41, 5.74) is 2.91. The molecule has 2 nitrogen and oxygen atoms in total. The Morgan fingerprint density at radius 1 is 1.23 bits per heavy atom. The van der Waals surface area contributed by atoms with Gasteiger partial charge in [-0.05, 0) is 24.0 Å². The van der Waals surface area contributed by atoms with Gasteiger partial charge in [-0.2, -0.15) is 0 Å². The minimum atomic E-state index is 0.542. The van der Waals surface area contributed by atoms with E-state index in [4.69, 9.17) is 5.21 Å². The highest BCUT2D eigenvalue weighted by molar-refractivity contribution is 5.98. The van der Waals surface area contributed by atoms with Crippen molar-refractivity contribution in [3.8, 4) is 0 Å². The predicted molar refractivity (Wildman–Crippen MR) is 54.5 cm³/mol. The molecule has 1 rings (SSSR count). The second-order valence-electron chi connectivity index (χ2n) is 3.46. The highest BCUT2D eigenvalue weighted by Crippen LogP contribution is 2.14. The molecule has 70 valence electrons. The first-order chi connectivity index (χ1) is 6.15. The van der Waals surface area contributed by atoms with E-state index in [-0.39, 0.29) is 0 Å². The van der Waals surface area contributed by atoms with E-state index in [1.807, 2.05) is 12.1 Å². The molecule has 0 aliphatic rings. The van der Waals surface area contributed by atoms with Gasteiger partial charge in [0.05, 0.1) is 5.71 Å². The Morgan fingerprint density at radius 3 is 2.15 bits per heavy atom. The predicted octanol–water partition coefficient (Wildman–Crippen LogP) is 3.01. The molecule has 0 amide bonds. The van der Waals surface area contributed by atoms with Gasteiger partial charge in [-0.3, -0.25) is 0 Å². The van der Waals surface area contributed by atoms with Crippen molar-refractivity contribution >= 4 is 5.71 Å². The van der Waals surface area contributed by atoms with Crippen LogP contribution in [0.15, 0.2) is 29.4 Å². The van der Waals surface area contributed by atoms with Crippen molar-refractivity contribution in [2.45, 2.75) is 26.7 Å². The third kappa shape index (κ3) is 2.31. The molecule has 2 heteroatoms. The summed E-state index contributed by atoms with van der Waals surface area (Å²) in [6, 6.07) is 8.08. The average Bonchev–Trinajstić information content (AvgIpc) is 2.17. The second-order valence-corrected chi connectivity index (χ2v) is 3.46. The van der Waals surface area contributed by atoms with Crippen LogP contribution in [0.4, 0.5) is 0 Å². The Balaban J connectivity index is 2.94. The second kappa shape index (κ2) is 4.08. The molecule has 0 heterocycles. The molecular formula is C11H15NO. The van der Waals surface area contributed by atoms with Gasteiger partial charge in [-0.15, -0.1) is 0 Å². The lowest BCUT2D eigenvalue weighted by Crippen LogP contribution is -1.95. The van der Waals surface area contributed by atoms with E-state index >= 15 is 0 Å². The van der Waals surface area contributed by atoms with Crippen molar-refractivity contribution in [1.82, 2.24) is 0 Å². The van der Waals surface area contributed by atoms with Gasteiger partial charge in [0.2, 0.25) is 0 Å². The van der Waals surface area contributed by atoms with Crippen LogP contribution < -0.4 is 0 Å². The quantitative estimate of drug-likeness (QED) is 0.420. The molecule has 0 saturated heterocycles. The molecule has 0 atom stereocenters. The van der Waals surface area contributed by atoms with Gasteiger partial charge < -0.3 is 5.21 Å². The Labute approximate surface area is 78.9 Å². The van der Waals surface area contributed by atoms with Gasteiger partial charge in [0.25, 0.3) is 0 Å². The molecule has 0 unspecified atom stereocenters. The number of hydrogen-bond donors (Lipinski definition) is 1. The maximum absolute atomic E-state index is 8.55. The summed E-state index contributed by atoms with van der Waals surface area (Å²) in [6.07, 6.45) is 0. The number of benzene rings is 1. The topological polar surface area (TPSA) is 32.6 Å². The van der Waals surface area contributed by atoms with Crippen LogP contribution in [0.25, 0.3) is 0 Å².